The van der Waals surface area contributed by atoms with Crippen LogP contribution in [0.25, 0.3) is 0 Å². The van der Waals surface area contributed by atoms with E-state index in [0.29, 0.717) is 6.61 Å². The van der Waals surface area contributed by atoms with Crippen molar-refractivity contribution in [3.05, 3.63) is 0 Å². The summed E-state index contributed by atoms with van der Waals surface area (Å²) in [6, 6.07) is 0. The van der Waals surface area contributed by atoms with Gasteiger partial charge in [0.05, 0.1) is 6.61 Å². The fourth-order valence-corrected chi connectivity index (χ4v) is 2.24. The van der Waals surface area contributed by atoms with E-state index in [1.807, 2.05) is 4.90 Å². The van der Waals surface area contributed by atoms with Gasteiger partial charge in [0.2, 0.25) is 0 Å². The van der Waals surface area contributed by atoms with Gasteiger partial charge in [-0.3, -0.25) is 0 Å². The Hall–Kier alpha value is -0.440. The molecule has 1 fully saturated rings. The predicted molar refractivity (Wildman–Crippen MR) is 70.6 cm³/mol. The van der Waals surface area contributed by atoms with Gasteiger partial charge in [-0.15, -0.1) is 11.6 Å². The zero-order chi connectivity index (χ0) is 12.3. The number of carbonyl (C=O) groups is 1. The fourth-order valence-electron chi connectivity index (χ4n) is 2.05. The maximum atomic E-state index is 11.7. The van der Waals surface area contributed by atoms with Crippen LogP contribution in [0.2, 0.25) is 0 Å². The highest BCUT2D eigenvalue weighted by atomic mass is 35.5. The Labute approximate surface area is 109 Å². The third-order valence-electron chi connectivity index (χ3n) is 3.12. The van der Waals surface area contributed by atoms with Crippen molar-refractivity contribution in [2.24, 2.45) is 0 Å². The Bertz CT molecular complexity index is 204. The summed E-state index contributed by atoms with van der Waals surface area (Å²) in [5.74, 6) is 0.730. The van der Waals surface area contributed by atoms with E-state index in [2.05, 4.69) is 0 Å². The van der Waals surface area contributed by atoms with Crippen molar-refractivity contribution in [2.45, 2.75) is 51.4 Å². The van der Waals surface area contributed by atoms with Crippen LogP contribution >= 0.6 is 11.6 Å². The number of hydrogen-bond acceptors (Lipinski definition) is 2. The van der Waals surface area contributed by atoms with E-state index in [0.717, 1.165) is 57.5 Å². The standard InChI is InChI=1S/C13H24ClNO2/c14-9-5-1-4-8-12-17-13(16)15-10-6-2-3-7-11-15/h1-12H2. The van der Waals surface area contributed by atoms with E-state index in [9.17, 15) is 4.79 Å². The molecule has 4 heteroatoms. The average molecular weight is 262 g/mol. The highest BCUT2D eigenvalue weighted by molar-refractivity contribution is 6.17. The lowest BCUT2D eigenvalue weighted by Crippen LogP contribution is -2.32. The number of nitrogens with zero attached hydrogens (tertiary/aromatic N) is 1. The SMILES string of the molecule is O=C(OCCCCCCCl)N1CCCCCC1. The molecule has 100 valence electrons. The van der Waals surface area contributed by atoms with Gasteiger partial charge in [0.15, 0.2) is 0 Å². The van der Waals surface area contributed by atoms with Crippen LogP contribution in [0.3, 0.4) is 0 Å². The Morgan fingerprint density at radius 2 is 1.65 bits per heavy atom. The summed E-state index contributed by atoms with van der Waals surface area (Å²) in [6.45, 7) is 2.29. The molecule has 0 aromatic heterocycles. The molecule has 0 spiro atoms. The number of amides is 1. The first-order chi connectivity index (χ1) is 8.34. The normalized spacial score (nSPS) is 16.6. The summed E-state index contributed by atoms with van der Waals surface area (Å²) in [4.78, 5) is 13.6. The number of likely N-dealkylation sites (tertiary alicyclic amines) is 1. The Morgan fingerprint density at radius 3 is 2.29 bits per heavy atom. The molecule has 0 N–H and O–H groups in total. The van der Waals surface area contributed by atoms with E-state index >= 15 is 0 Å². The lowest BCUT2D eigenvalue weighted by atomic mass is 10.2. The monoisotopic (exact) mass is 261 g/mol. The minimum Gasteiger partial charge on any atom is -0.449 e. The molecule has 1 amide bonds. The van der Waals surface area contributed by atoms with Crippen LogP contribution in [0, 0.1) is 0 Å². The van der Waals surface area contributed by atoms with Gasteiger partial charge in [-0.25, -0.2) is 4.79 Å². The molecule has 0 aromatic rings. The number of rotatable bonds is 6. The van der Waals surface area contributed by atoms with Crippen LogP contribution < -0.4 is 0 Å². The molecule has 1 aliphatic rings. The first-order valence-corrected chi connectivity index (χ1v) is 7.35. The number of halogens is 1. The second-order valence-corrected chi connectivity index (χ2v) is 5.00. The van der Waals surface area contributed by atoms with Crippen molar-refractivity contribution >= 4 is 17.7 Å². The molecule has 1 aliphatic heterocycles. The van der Waals surface area contributed by atoms with Crippen molar-refractivity contribution in [2.75, 3.05) is 25.6 Å². The average Bonchev–Trinajstić information content (AvgIpc) is 2.62. The van der Waals surface area contributed by atoms with Crippen molar-refractivity contribution in [3.8, 4) is 0 Å². The Balaban J connectivity index is 2.03. The number of carbonyl (C=O) groups excluding carboxylic acids is 1. The van der Waals surface area contributed by atoms with E-state index in [-0.39, 0.29) is 6.09 Å². The van der Waals surface area contributed by atoms with Crippen LogP contribution in [0.1, 0.15) is 51.4 Å². The summed E-state index contributed by atoms with van der Waals surface area (Å²) in [5, 5.41) is 0. The highest BCUT2D eigenvalue weighted by Gasteiger charge is 2.15. The lowest BCUT2D eigenvalue weighted by molar-refractivity contribution is 0.102. The summed E-state index contributed by atoms with van der Waals surface area (Å²) < 4.78 is 5.27. The van der Waals surface area contributed by atoms with Crippen molar-refractivity contribution < 1.29 is 9.53 Å². The first-order valence-electron chi connectivity index (χ1n) is 6.82. The minimum absolute atomic E-state index is 0.121. The number of hydrogen-bond donors (Lipinski definition) is 0. The fraction of sp³-hybridized carbons (Fsp3) is 0.923. The third-order valence-corrected chi connectivity index (χ3v) is 3.39. The molecule has 0 aromatic carbocycles. The third kappa shape index (κ3) is 6.77. The molecule has 0 radical (unpaired) electrons. The first kappa shape index (κ1) is 14.6. The summed E-state index contributed by atoms with van der Waals surface area (Å²) >= 11 is 5.59. The quantitative estimate of drug-likeness (QED) is 0.538. The molecular formula is C13H24ClNO2. The minimum atomic E-state index is -0.121. The van der Waals surface area contributed by atoms with Gasteiger partial charge in [0, 0.05) is 19.0 Å². The van der Waals surface area contributed by atoms with Gasteiger partial charge in [0.25, 0.3) is 0 Å². The van der Waals surface area contributed by atoms with E-state index in [1.165, 1.54) is 12.8 Å². The van der Waals surface area contributed by atoms with Crippen LogP contribution in [-0.4, -0.2) is 36.6 Å². The zero-order valence-electron chi connectivity index (χ0n) is 10.6. The van der Waals surface area contributed by atoms with E-state index in [4.69, 9.17) is 16.3 Å². The van der Waals surface area contributed by atoms with Gasteiger partial charge in [-0.05, 0) is 25.7 Å². The smallest absolute Gasteiger partial charge is 0.409 e. The van der Waals surface area contributed by atoms with Crippen LogP contribution in [0.4, 0.5) is 4.79 Å². The Morgan fingerprint density at radius 1 is 1.00 bits per heavy atom. The van der Waals surface area contributed by atoms with Crippen molar-refractivity contribution in [1.29, 1.82) is 0 Å². The molecule has 17 heavy (non-hydrogen) atoms. The van der Waals surface area contributed by atoms with E-state index < -0.39 is 0 Å². The molecule has 0 unspecified atom stereocenters. The van der Waals surface area contributed by atoms with Gasteiger partial charge in [-0.2, -0.15) is 0 Å². The Kier molecular flexibility index (Phi) is 8.24. The molecule has 1 heterocycles. The molecule has 0 bridgehead atoms. The van der Waals surface area contributed by atoms with Crippen LogP contribution in [-0.2, 0) is 4.74 Å². The highest BCUT2D eigenvalue weighted by Crippen LogP contribution is 2.11. The topological polar surface area (TPSA) is 29.5 Å². The van der Waals surface area contributed by atoms with Gasteiger partial charge in [0.1, 0.15) is 0 Å². The predicted octanol–water partition coefficient (Wildman–Crippen LogP) is 3.80. The van der Waals surface area contributed by atoms with Crippen LogP contribution in [0.5, 0.6) is 0 Å². The summed E-state index contributed by atoms with van der Waals surface area (Å²) in [6.07, 6.45) is 8.83. The van der Waals surface area contributed by atoms with Crippen LogP contribution in [0.15, 0.2) is 0 Å². The zero-order valence-corrected chi connectivity index (χ0v) is 11.4. The molecule has 3 nitrogen and oxygen atoms in total. The maximum Gasteiger partial charge on any atom is 0.409 e. The van der Waals surface area contributed by atoms with E-state index in [1.54, 1.807) is 0 Å². The number of ether oxygens (including phenoxy) is 1. The largest absolute Gasteiger partial charge is 0.449 e. The van der Waals surface area contributed by atoms with Crippen molar-refractivity contribution in [1.82, 2.24) is 4.90 Å². The molecular weight excluding hydrogens is 238 g/mol. The molecule has 0 aliphatic carbocycles. The number of unbranched alkanes of at least 4 members (excludes halogenated alkanes) is 3. The van der Waals surface area contributed by atoms with Crippen molar-refractivity contribution in [3.63, 3.8) is 0 Å². The van der Waals surface area contributed by atoms with Gasteiger partial charge in [-0.1, -0.05) is 25.7 Å². The maximum absolute atomic E-state index is 11.7. The lowest BCUT2D eigenvalue weighted by Gasteiger charge is -2.19. The second-order valence-electron chi connectivity index (χ2n) is 4.62. The van der Waals surface area contributed by atoms with Gasteiger partial charge >= 0.3 is 6.09 Å². The second kappa shape index (κ2) is 9.58. The number of alkyl halides is 1. The summed E-state index contributed by atoms with van der Waals surface area (Å²) in [7, 11) is 0. The molecule has 1 rings (SSSR count). The molecule has 0 saturated carbocycles. The summed E-state index contributed by atoms with van der Waals surface area (Å²) in [5.41, 5.74) is 0. The molecule has 0 atom stereocenters. The molecule has 1 saturated heterocycles. The van der Waals surface area contributed by atoms with Gasteiger partial charge < -0.3 is 9.64 Å².